The Balaban J connectivity index is 1.46. The number of anilines is 1. The molecule has 2 aromatic rings. The molecule has 0 spiro atoms. The zero-order valence-electron chi connectivity index (χ0n) is 13.3. The van der Waals surface area contributed by atoms with Crippen LogP contribution in [0, 0.1) is 5.82 Å². The fourth-order valence-electron chi connectivity index (χ4n) is 2.91. The number of benzene rings is 2. The van der Waals surface area contributed by atoms with Crippen LogP contribution in [0.3, 0.4) is 0 Å². The van der Waals surface area contributed by atoms with E-state index in [0.717, 1.165) is 12.1 Å². The molecule has 3 rings (SSSR count). The molecule has 0 saturated carbocycles. The zero-order chi connectivity index (χ0) is 16.9. The monoisotopic (exact) mass is 326 g/mol. The van der Waals surface area contributed by atoms with Crippen LogP contribution in [0.5, 0.6) is 0 Å². The number of hydrogen-bond acceptors (Lipinski definition) is 2. The molecule has 1 aliphatic rings. The molecule has 0 atom stereocenters. The van der Waals surface area contributed by atoms with E-state index in [2.05, 4.69) is 5.32 Å². The van der Waals surface area contributed by atoms with Crippen molar-refractivity contribution in [1.29, 1.82) is 0 Å². The predicted molar refractivity (Wildman–Crippen MR) is 90.5 cm³/mol. The third-order valence-corrected chi connectivity index (χ3v) is 4.13. The first-order valence-corrected chi connectivity index (χ1v) is 8.07. The summed E-state index contributed by atoms with van der Waals surface area (Å²) in [6.07, 6.45) is 1.81. The molecule has 0 fully saturated rings. The lowest BCUT2D eigenvalue weighted by Gasteiger charge is -2.17. The van der Waals surface area contributed by atoms with Gasteiger partial charge in [-0.05, 0) is 42.7 Å². The lowest BCUT2D eigenvalue weighted by Crippen LogP contribution is -2.30. The van der Waals surface area contributed by atoms with Gasteiger partial charge in [-0.1, -0.05) is 24.3 Å². The van der Waals surface area contributed by atoms with Crippen molar-refractivity contribution >= 4 is 17.5 Å². The van der Waals surface area contributed by atoms with Crippen molar-refractivity contribution in [1.82, 2.24) is 5.32 Å². The van der Waals surface area contributed by atoms with E-state index >= 15 is 0 Å². The highest BCUT2D eigenvalue weighted by Gasteiger charge is 2.23. The van der Waals surface area contributed by atoms with Crippen molar-refractivity contribution in [3.63, 3.8) is 0 Å². The summed E-state index contributed by atoms with van der Waals surface area (Å²) in [4.78, 5) is 26.0. The molecule has 1 aliphatic heterocycles. The first-order chi connectivity index (χ1) is 11.6. The fourth-order valence-corrected chi connectivity index (χ4v) is 2.91. The molecule has 0 aromatic heterocycles. The molecule has 0 radical (unpaired) electrons. The summed E-state index contributed by atoms with van der Waals surface area (Å²) in [6, 6.07) is 13.5. The van der Waals surface area contributed by atoms with E-state index in [1.54, 1.807) is 6.07 Å². The molecular weight excluding hydrogens is 307 g/mol. The molecule has 5 heteroatoms. The number of nitrogens with one attached hydrogen (secondary N) is 1. The maximum Gasteiger partial charge on any atom is 0.251 e. The van der Waals surface area contributed by atoms with Gasteiger partial charge < -0.3 is 10.2 Å². The molecule has 124 valence electrons. The Morgan fingerprint density at radius 3 is 2.79 bits per heavy atom. The maximum absolute atomic E-state index is 13.1. The van der Waals surface area contributed by atoms with Crippen molar-refractivity contribution in [3.05, 3.63) is 65.5 Å². The van der Waals surface area contributed by atoms with Gasteiger partial charge in [0.15, 0.2) is 0 Å². The first-order valence-electron chi connectivity index (χ1n) is 8.07. The normalized spacial score (nSPS) is 12.8. The fraction of sp³-hybridized carbons (Fsp3) is 0.263. The van der Waals surface area contributed by atoms with Crippen LogP contribution in [0.25, 0.3) is 0 Å². The van der Waals surface area contributed by atoms with Gasteiger partial charge >= 0.3 is 0 Å². The lowest BCUT2D eigenvalue weighted by molar-refractivity contribution is -0.118. The Morgan fingerprint density at radius 1 is 1.12 bits per heavy atom. The van der Waals surface area contributed by atoms with E-state index < -0.39 is 5.82 Å². The SMILES string of the molecule is O=C(NCCCC(=O)N1CCc2ccccc21)c1cccc(F)c1. The third-order valence-electron chi connectivity index (χ3n) is 4.13. The number of halogens is 1. The number of rotatable bonds is 5. The summed E-state index contributed by atoms with van der Waals surface area (Å²) in [6.45, 7) is 1.10. The predicted octanol–water partition coefficient (Wildman–Crippen LogP) is 2.93. The van der Waals surface area contributed by atoms with Gasteiger partial charge in [-0.2, -0.15) is 0 Å². The second-order valence-corrected chi connectivity index (χ2v) is 5.79. The molecule has 1 heterocycles. The van der Waals surface area contributed by atoms with Crippen LogP contribution < -0.4 is 10.2 Å². The van der Waals surface area contributed by atoms with Gasteiger partial charge in [-0.3, -0.25) is 9.59 Å². The average molecular weight is 326 g/mol. The van der Waals surface area contributed by atoms with Crippen molar-refractivity contribution in [2.45, 2.75) is 19.3 Å². The van der Waals surface area contributed by atoms with Crippen LogP contribution in [0.15, 0.2) is 48.5 Å². The highest BCUT2D eigenvalue weighted by Crippen LogP contribution is 2.27. The average Bonchev–Trinajstić information content (AvgIpc) is 3.02. The summed E-state index contributed by atoms with van der Waals surface area (Å²) in [7, 11) is 0. The largest absolute Gasteiger partial charge is 0.352 e. The van der Waals surface area contributed by atoms with Crippen LogP contribution in [-0.4, -0.2) is 24.9 Å². The first kappa shape index (κ1) is 16.2. The molecule has 2 amide bonds. The topological polar surface area (TPSA) is 49.4 Å². The Labute approximate surface area is 140 Å². The van der Waals surface area contributed by atoms with Crippen LogP contribution in [0.1, 0.15) is 28.8 Å². The van der Waals surface area contributed by atoms with Gasteiger partial charge in [0.2, 0.25) is 5.91 Å². The molecule has 2 aromatic carbocycles. The Hall–Kier alpha value is -2.69. The second kappa shape index (κ2) is 7.25. The van der Waals surface area contributed by atoms with Crippen LogP contribution in [-0.2, 0) is 11.2 Å². The molecule has 4 nitrogen and oxygen atoms in total. The number of carbonyl (C=O) groups excluding carboxylic acids is 2. The minimum absolute atomic E-state index is 0.0694. The number of hydrogen-bond donors (Lipinski definition) is 1. The number of fused-ring (bicyclic) bond motifs is 1. The number of para-hydroxylation sites is 1. The smallest absolute Gasteiger partial charge is 0.251 e. The standard InChI is InChI=1S/C19H19FN2O2/c20-16-7-3-6-15(13-16)19(24)21-11-4-9-18(23)22-12-10-14-5-1-2-8-17(14)22/h1-3,5-8,13H,4,9-12H2,(H,21,24). The number of carbonyl (C=O) groups is 2. The highest BCUT2D eigenvalue weighted by molar-refractivity contribution is 5.96. The van der Waals surface area contributed by atoms with Gasteiger partial charge in [0.1, 0.15) is 5.82 Å². The Morgan fingerprint density at radius 2 is 1.96 bits per heavy atom. The third kappa shape index (κ3) is 3.62. The Bertz CT molecular complexity index is 761. The van der Waals surface area contributed by atoms with E-state index in [1.807, 2.05) is 29.2 Å². The molecule has 0 aliphatic carbocycles. The van der Waals surface area contributed by atoms with Crippen molar-refractivity contribution in [3.8, 4) is 0 Å². The molecular formula is C19H19FN2O2. The molecule has 24 heavy (non-hydrogen) atoms. The van der Waals surface area contributed by atoms with Crippen molar-refractivity contribution in [2.24, 2.45) is 0 Å². The minimum atomic E-state index is -0.439. The van der Waals surface area contributed by atoms with Crippen LogP contribution in [0.4, 0.5) is 10.1 Å². The Kier molecular flexibility index (Phi) is 4.89. The van der Waals surface area contributed by atoms with Crippen LogP contribution >= 0.6 is 0 Å². The highest BCUT2D eigenvalue weighted by atomic mass is 19.1. The molecule has 1 N–H and O–H groups in total. The van der Waals surface area contributed by atoms with Crippen molar-refractivity contribution in [2.75, 3.05) is 18.0 Å². The van der Waals surface area contributed by atoms with Gasteiger partial charge in [0, 0.05) is 30.8 Å². The van der Waals surface area contributed by atoms with Crippen molar-refractivity contribution < 1.29 is 14.0 Å². The van der Waals surface area contributed by atoms with Gasteiger partial charge in [-0.25, -0.2) is 4.39 Å². The van der Waals surface area contributed by atoms with E-state index in [0.29, 0.717) is 25.9 Å². The summed E-state index contributed by atoms with van der Waals surface area (Å²) in [5.41, 5.74) is 2.48. The summed E-state index contributed by atoms with van der Waals surface area (Å²) < 4.78 is 13.1. The van der Waals surface area contributed by atoms with Gasteiger partial charge in [0.25, 0.3) is 5.91 Å². The van der Waals surface area contributed by atoms with E-state index in [9.17, 15) is 14.0 Å². The maximum atomic E-state index is 13.1. The lowest BCUT2D eigenvalue weighted by atomic mass is 10.2. The second-order valence-electron chi connectivity index (χ2n) is 5.79. The van der Waals surface area contributed by atoms with E-state index in [4.69, 9.17) is 0 Å². The minimum Gasteiger partial charge on any atom is -0.352 e. The van der Waals surface area contributed by atoms with E-state index in [-0.39, 0.29) is 17.4 Å². The quantitative estimate of drug-likeness (QED) is 0.859. The summed E-state index contributed by atoms with van der Waals surface area (Å²) in [5.74, 6) is -0.695. The van der Waals surface area contributed by atoms with Gasteiger partial charge in [0.05, 0.1) is 0 Å². The molecule has 0 saturated heterocycles. The summed E-state index contributed by atoms with van der Waals surface area (Å²) in [5, 5.41) is 2.71. The van der Waals surface area contributed by atoms with E-state index in [1.165, 1.54) is 23.8 Å². The number of nitrogens with zero attached hydrogens (tertiary/aromatic N) is 1. The zero-order valence-corrected chi connectivity index (χ0v) is 13.3. The van der Waals surface area contributed by atoms with Crippen LogP contribution in [0.2, 0.25) is 0 Å². The summed E-state index contributed by atoms with van der Waals surface area (Å²) >= 11 is 0. The molecule has 0 bridgehead atoms. The van der Waals surface area contributed by atoms with Gasteiger partial charge in [-0.15, -0.1) is 0 Å². The molecule has 0 unspecified atom stereocenters. The number of amides is 2.